The fraction of sp³-hybridized carbons (Fsp3) is 0.176. The zero-order valence-electron chi connectivity index (χ0n) is 10.5. The SMILES string of the molecule is C=C/C(=C\C=C/C)CCc1ccc(C=C)cc1. The van der Waals surface area contributed by atoms with E-state index in [9.17, 15) is 0 Å². The standard InChI is InChI=1S/C17H20/c1-4-7-8-15(5-2)9-12-17-13-10-16(6-3)11-14-17/h4-8,10-11,13-14H,2-3,9,12H2,1H3/b7-4-,15-8+. The van der Waals surface area contributed by atoms with Crippen molar-refractivity contribution in [2.75, 3.05) is 0 Å². The summed E-state index contributed by atoms with van der Waals surface area (Å²) >= 11 is 0. The summed E-state index contributed by atoms with van der Waals surface area (Å²) in [5, 5.41) is 0. The van der Waals surface area contributed by atoms with Gasteiger partial charge >= 0.3 is 0 Å². The van der Waals surface area contributed by atoms with Crippen LogP contribution in [0, 0.1) is 0 Å². The summed E-state index contributed by atoms with van der Waals surface area (Å²) < 4.78 is 0. The molecule has 0 bridgehead atoms. The van der Waals surface area contributed by atoms with Crippen molar-refractivity contribution in [2.45, 2.75) is 19.8 Å². The zero-order chi connectivity index (χ0) is 12.5. The van der Waals surface area contributed by atoms with Crippen LogP contribution < -0.4 is 0 Å². The zero-order valence-corrected chi connectivity index (χ0v) is 10.5. The summed E-state index contributed by atoms with van der Waals surface area (Å²) in [6.07, 6.45) is 12.1. The molecule has 0 heterocycles. The number of allylic oxidation sites excluding steroid dienone is 5. The summed E-state index contributed by atoms with van der Waals surface area (Å²) in [5.74, 6) is 0. The third-order valence-electron chi connectivity index (χ3n) is 2.68. The van der Waals surface area contributed by atoms with Crippen LogP contribution in [0.2, 0.25) is 0 Å². The molecule has 0 unspecified atom stereocenters. The average Bonchev–Trinajstić information content (AvgIpc) is 2.39. The van der Waals surface area contributed by atoms with Crippen LogP contribution in [-0.2, 0) is 6.42 Å². The smallest absolute Gasteiger partial charge is 0.0238 e. The Hall–Kier alpha value is -1.82. The van der Waals surface area contributed by atoms with Crippen LogP contribution in [0.3, 0.4) is 0 Å². The third-order valence-corrected chi connectivity index (χ3v) is 2.68. The van der Waals surface area contributed by atoms with Gasteiger partial charge in [0.2, 0.25) is 0 Å². The van der Waals surface area contributed by atoms with Crippen LogP contribution in [0.4, 0.5) is 0 Å². The first kappa shape index (κ1) is 13.2. The molecule has 0 amide bonds. The lowest BCUT2D eigenvalue weighted by molar-refractivity contribution is 0.966. The van der Waals surface area contributed by atoms with Crippen molar-refractivity contribution in [2.24, 2.45) is 0 Å². The first-order chi connectivity index (χ1) is 8.30. The van der Waals surface area contributed by atoms with E-state index in [1.54, 1.807) is 0 Å². The monoisotopic (exact) mass is 224 g/mol. The molecule has 0 N–H and O–H groups in total. The molecule has 0 fully saturated rings. The molecule has 1 rings (SSSR count). The molecule has 0 heteroatoms. The molecule has 0 aliphatic carbocycles. The number of rotatable bonds is 6. The molecule has 1 aromatic carbocycles. The molecule has 0 aliphatic rings. The predicted octanol–water partition coefficient (Wildman–Crippen LogP) is 4.95. The average molecular weight is 224 g/mol. The second-order valence-electron chi connectivity index (χ2n) is 3.92. The van der Waals surface area contributed by atoms with E-state index in [2.05, 4.69) is 49.6 Å². The van der Waals surface area contributed by atoms with E-state index in [-0.39, 0.29) is 0 Å². The number of aryl methyl sites for hydroxylation is 1. The Morgan fingerprint density at radius 2 is 1.88 bits per heavy atom. The van der Waals surface area contributed by atoms with Gasteiger partial charge in [0.05, 0.1) is 0 Å². The molecule has 0 atom stereocenters. The maximum absolute atomic E-state index is 3.84. The van der Waals surface area contributed by atoms with E-state index >= 15 is 0 Å². The normalized spacial score (nSPS) is 11.7. The van der Waals surface area contributed by atoms with Crippen molar-refractivity contribution < 1.29 is 0 Å². The van der Waals surface area contributed by atoms with Crippen LogP contribution in [0.25, 0.3) is 6.08 Å². The van der Waals surface area contributed by atoms with E-state index < -0.39 is 0 Å². The summed E-state index contributed by atoms with van der Waals surface area (Å²) in [4.78, 5) is 0. The minimum Gasteiger partial charge on any atom is -0.0988 e. The minimum absolute atomic E-state index is 1.03. The highest BCUT2D eigenvalue weighted by molar-refractivity contribution is 5.47. The summed E-state index contributed by atoms with van der Waals surface area (Å²) in [6, 6.07) is 8.53. The lowest BCUT2D eigenvalue weighted by Gasteiger charge is -2.03. The Balaban J connectivity index is 2.59. The minimum atomic E-state index is 1.03. The molecule has 0 radical (unpaired) electrons. The van der Waals surface area contributed by atoms with Crippen molar-refractivity contribution in [3.63, 3.8) is 0 Å². The summed E-state index contributed by atoms with van der Waals surface area (Å²) in [5.41, 5.74) is 3.79. The van der Waals surface area contributed by atoms with Crippen molar-refractivity contribution in [1.82, 2.24) is 0 Å². The lowest BCUT2D eigenvalue weighted by atomic mass is 10.0. The van der Waals surface area contributed by atoms with Crippen LogP contribution >= 0.6 is 0 Å². The highest BCUT2D eigenvalue weighted by Crippen LogP contribution is 2.12. The van der Waals surface area contributed by atoms with Gasteiger partial charge in [-0.05, 0) is 36.5 Å². The second kappa shape index (κ2) is 7.45. The molecule has 0 saturated heterocycles. The van der Waals surface area contributed by atoms with Gasteiger partial charge in [0.15, 0.2) is 0 Å². The molecule has 17 heavy (non-hydrogen) atoms. The van der Waals surface area contributed by atoms with Gasteiger partial charge in [-0.1, -0.05) is 67.8 Å². The molecule has 0 spiro atoms. The molecular formula is C17H20. The lowest BCUT2D eigenvalue weighted by Crippen LogP contribution is -1.87. The summed E-state index contributed by atoms with van der Waals surface area (Å²) in [7, 11) is 0. The Morgan fingerprint density at radius 3 is 2.41 bits per heavy atom. The van der Waals surface area contributed by atoms with E-state index in [0.29, 0.717) is 0 Å². The number of benzene rings is 1. The van der Waals surface area contributed by atoms with Gasteiger partial charge in [-0.3, -0.25) is 0 Å². The van der Waals surface area contributed by atoms with Crippen molar-refractivity contribution >= 4 is 6.08 Å². The van der Waals surface area contributed by atoms with Gasteiger partial charge in [0.1, 0.15) is 0 Å². The summed E-state index contributed by atoms with van der Waals surface area (Å²) in [6.45, 7) is 9.61. The third kappa shape index (κ3) is 4.69. The van der Waals surface area contributed by atoms with Crippen molar-refractivity contribution in [3.8, 4) is 0 Å². The maximum atomic E-state index is 3.84. The molecule has 0 aliphatic heterocycles. The number of hydrogen-bond donors (Lipinski definition) is 0. The quantitative estimate of drug-likeness (QED) is 0.600. The maximum Gasteiger partial charge on any atom is -0.0238 e. The highest BCUT2D eigenvalue weighted by atomic mass is 14.0. The van der Waals surface area contributed by atoms with E-state index in [1.807, 2.05) is 25.2 Å². The van der Waals surface area contributed by atoms with Gasteiger partial charge in [0, 0.05) is 0 Å². The van der Waals surface area contributed by atoms with Crippen molar-refractivity contribution in [1.29, 1.82) is 0 Å². The van der Waals surface area contributed by atoms with E-state index in [1.165, 1.54) is 16.7 Å². The van der Waals surface area contributed by atoms with E-state index in [4.69, 9.17) is 0 Å². The molecule has 0 nitrogen and oxygen atoms in total. The van der Waals surface area contributed by atoms with Gasteiger partial charge in [-0.2, -0.15) is 0 Å². The van der Waals surface area contributed by atoms with Gasteiger partial charge in [-0.25, -0.2) is 0 Å². The van der Waals surface area contributed by atoms with Gasteiger partial charge < -0.3 is 0 Å². The molecule has 0 saturated carbocycles. The molecular weight excluding hydrogens is 204 g/mol. The van der Waals surface area contributed by atoms with Gasteiger partial charge in [0.25, 0.3) is 0 Å². The Morgan fingerprint density at radius 1 is 1.18 bits per heavy atom. The van der Waals surface area contributed by atoms with Gasteiger partial charge in [-0.15, -0.1) is 0 Å². The predicted molar refractivity (Wildman–Crippen MR) is 77.9 cm³/mol. The topological polar surface area (TPSA) is 0 Å². The van der Waals surface area contributed by atoms with Crippen molar-refractivity contribution in [3.05, 3.63) is 78.4 Å². The number of hydrogen-bond acceptors (Lipinski definition) is 0. The van der Waals surface area contributed by atoms with Crippen LogP contribution in [0.15, 0.2) is 67.3 Å². The first-order valence-electron chi connectivity index (χ1n) is 5.96. The Bertz CT molecular complexity index is 416. The largest absolute Gasteiger partial charge is 0.0988 e. The van der Waals surface area contributed by atoms with Crippen LogP contribution in [-0.4, -0.2) is 0 Å². The Labute approximate surface area is 105 Å². The van der Waals surface area contributed by atoms with E-state index in [0.717, 1.165) is 12.8 Å². The Kier molecular flexibility index (Phi) is 5.81. The molecule has 88 valence electrons. The molecule has 1 aromatic rings. The fourth-order valence-corrected chi connectivity index (χ4v) is 1.58. The first-order valence-corrected chi connectivity index (χ1v) is 5.96. The highest BCUT2D eigenvalue weighted by Gasteiger charge is 1.95. The van der Waals surface area contributed by atoms with Crippen LogP contribution in [0.5, 0.6) is 0 Å². The molecule has 0 aromatic heterocycles. The van der Waals surface area contributed by atoms with Crippen LogP contribution in [0.1, 0.15) is 24.5 Å². The fourth-order valence-electron chi connectivity index (χ4n) is 1.58. The second-order valence-corrected chi connectivity index (χ2v) is 3.92.